The quantitative estimate of drug-likeness (QED) is 0.363. The van der Waals surface area contributed by atoms with Crippen molar-refractivity contribution < 1.29 is 28.8 Å². The summed E-state index contributed by atoms with van der Waals surface area (Å²) in [5.41, 5.74) is 0. The van der Waals surface area contributed by atoms with Gasteiger partial charge in [-0.3, -0.25) is 0 Å². The van der Waals surface area contributed by atoms with Gasteiger partial charge in [-0.15, -0.1) is 0 Å². The minimum Gasteiger partial charge on any atom is -0.379 e. The first-order valence-electron chi connectivity index (χ1n) is 6.41. The maximum Gasteiger partial charge on any atom is 0.178 e. The third-order valence-corrected chi connectivity index (χ3v) is 1.95. The van der Waals surface area contributed by atoms with Crippen LogP contribution in [0.5, 0.6) is 0 Å². The summed E-state index contributed by atoms with van der Waals surface area (Å²) in [7, 11) is 0. The Morgan fingerprint density at radius 1 is 0.722 bits per heavy atom. The predicted octanol–water partition coefficient (Wildman–Crippen LogP) is 0.428. The summed E-state index contributed by atoms with van der Waals surface area (Å²) >= 11 is 0. The van der Waals surface area contributed by atoms with Gasteiger partial charge in [0.25, 0.3) is 0 Å². The van der Waals surface area contributed by atoms with Gasteiger partial charge in [0.15, 0.2) is 6.29 Å². The topological polar surface area (TPSA) is 66.4 Å². The van der Waals surface area contributed by atoms with Crippen LogP contribution < -0.4 is 0 Å². The molecule has 18 heavy (non-hydrogen) atoms. The van der Waals surface area contributed by atoms with E-state index in [1.54, 1.807) is 0 Å². The van der Waals surface area contributed by atoms with E-state index in [1.165, 1.54) is 0 Å². The van der Waals surface area contributed by atoms with Crippen molar-refractivity contribution in [2.24, 2.45) is 0 Å². The zero-order valence-corrected chi connectivity index (χ0v) is 11.4. The molecule has 1 unspecified atom stereocenters. The Kier molecular flexibility index (Phi) is 14.6. The Hall–Kier alpha value is -0.240. The fourth-order valence-electron chi connectivity index (χ4n) is 1.10. The smallest absolute Gasteiger partial charge is 0.178 e. The maximum absolute atomic E-state index is 9.38. The third-order valence-electron chi connectivity index (χ3n) is 1.95. The van der Waals surface area contributed by atoms with Gasteiger partial charge >= 0.3 is 0 Å². The molecule has 0 bridgehead atoms. The molecular weight excluding hydrogens is 240 g/mol. The lowest BCUT2D eigenvalue weighted by atomic mass is 10.6. The molecule has 0 aromatic rings. The summed E-state index contributed by atoms with van der Waals surface area (Å²) in [4.78, 5) is 0. The zero-order chi connectivity index (χ0) is 13.5. The lowest BCUT2D eigenvalue weighted by molar-refractivity contribution is -0.149. The maximum atomic E-state index is 9.38. The van der Waals surface area contributed by atoms with E-state index in [-0.39, 0.29) is 6.61 Å². The highest BCUT2D eigenvalue weighted by Gasteiger charge is 2.03. The molecule has 0 aliphatic heterocycles. The lowest BCUT2D eigenvalue weighted by Gasteiger charge is -2.12. The molecule has 6 nitrogen and oxygen atoms in total. The Bertz CT molecular complexity index is 156. The van der Waals surface area contributed by atoms with Crippen molar-refractivity contribution in [1.29, 1.82) is 0 Å². The fourth-order valence-corrected chi connectivity index (χ4v) is 1.10. The molecule has 0 aromatic heterocycles. The Morgan fingerprint density at radius 3 is 1.83 bits per heavy atom. The van der Waals surface area contributed by atoms with Gasteiger partial charge in [0.2, 0.25) is 0 Å². The van der Waals surface area contributed by atoms with Crippen LogP contribution >= 0.6 is 0 Å². The number of rotatable bonds is 14. The summed E-state index contributed by atoms with van der Waals surface area (Å²) in [6.07, 6.45) is -0.915. The molecule has 110 valence electrons. The highest BCUT2D eigenvalue weighted by molar-refractivity contribution is 4.40. The number of hydrogen-bond acceptors (Lipinski definition) is 6. The summed E-state index contributed by atoms with van der Waals surface area (Å²) in [6, 6.07) is 0. The molecule has 0 amide bonds. The molecule has 0 fully saturated rings. The van der Waals surface area contributed by atoms with Crippen molar-refractivity contribution in [3.63, 3.8) is 0 Å². The van der Waals surface area contributed by atoms with E-state index in [0.717, 1.165) is 0 Å². The molecule has 0 aromatic carbocycles. The van der Waals surface area contributed by atoms with Crippen LogP contribution in [-0.2, 0) is 23.7 Å². The van der Waals surface area contributed by atoms with Gasteiger partial charge in [0.1, 0.15) is 0 Å². The first kappa shape index (κ1) is 17.8. The van der Waals surface area contributed by atoms with Crippen LogP contribution in [0.4, 0.5) is 0 Å². The predicted molar refractivity (Wildman–Crippen MR) is 66.6 cm³/mol. The van der Waals surface area contributed by atoms with Gasteiger partial charge in [0, 0.05) is 13.2 Å². The minimum absolute atomic E-state index is 0.145. The average Bonchev–Trinajstić information content (AvgIpc) is 2.37. The summed E-state index contributed by atoms with van der Waals surface area (Å²) in [5, 5.41) is 9.38. The summed E-state index contributed by atoms with van der Waals surface area (Å²) in [6.45, 7) is 8.24. The SMILES string of the molecule is CCOCCOCCOC(O)COCCOCC. The second-order valence-corrected chi connectivity index (χ2v) is 3.41. The van der Waals surface area contributed by atoms with Crippen LogP contribution in [-0.4, -0.2) is 70.9 Å². The molecule has 0 rings (SSSR count). The first-order valence-corrected chi connectivity index (χ1v) is 6.41. The highest BCUT2D eigenvalue weighted by atomic mass is 16.6. The normalized spacial score (nSPS) is 12.8. The van der Waals surface area contributed by atoms with Crippen molar-refractivity contribution in [1.82, 2.24) is 0 Å². The van der Waals surface area contributed by atoms with E-state index in [4.69, 9.17) is 23.7 Å². The van der Waals surface area contributed by atoms with Gasteiger partial charge in [-0.2, -0.15) is 0 Å². The fraction of sp³-hybridized carbons (Fsp3) is 1.00. The second-order valence-electron chi connectivity index (χ2n) is 3.41. The summed E-state index contributed by atoms with van der Waals surface area (Å²) in [5.74, 6) is 0. The van der Waals surface area contributed by atoms with Crippen molar-refractivity contribution >= 4 is 0 Å². The average molecular weight is 266 g/mol. The van der Waals surface area contributed by atoms with Gasteiger partial charge in [-0.05, 0) is 13.8 Å². The van der Waals surface area contributed by atoms with Gasteiger partial charge < -0.3 is 28.8 Å². The Morgan fingerprint density at radius 2 is 1.22 bits per heavy atom. The molecule has 1 atom stereocenters. The molecule has 6 heteroatoms. The number of ether oxygens (including phenoxy) is 5. The van der Waals surface area contributed by atoms with Crippen molar-refractivity contribution in [2.75, 3.05) is 59.5 Å². The minimum atomic E-state index is -0.915. The van der Waals surface area contributed by atoms with E-state index in [1.807, 2.05) is 13.8 Å². The molecule has 0 saturated heterocycles. The van der Waals surface area contributed by atoms with E-state index in [0.29, 0.717) is 52.9 Å². The number of aliphatic hydroxyl groups excluding tert-OH is 1. The second kappa shape index (κ2) is 14.8. The highest BCUT2D eigenvalue weighted by Crippen LogP contribution is 1.90. The number of aliphatic hydroxyl groups is 1. The Labute approximate surface area is 109 Å². The molecule has 1 N–H and O–H groups in total. The molecule has 0 saturated carbocycles. The van der Waals surface area contributed by atoms with Gasteiger partial charge in [-0.25, -0.2) is 0 Å². The number of hydrogen-bond donors (Lipinski definition) is 1. The molecule has 0 heterocycles. The van der Waals surface area contributed by atoms with Crippen molar-refractivity contribution in [2.45, 2.75) is 20.1 Å². The van der Waals surface area contributed by atoms with Crippen LogP contribution in [0.2, 0.25) is 0 Å². The van der Waals surface area contributed by atoms with E-state index < -0.39 is 6.29 Å². The van der Waals surface area contributed by atoms with E-state index >= 15 is 0 Å². The first-order chi connectivity index (χ1) is 8.81. The molecule has 0 radical (unpaired) electrons. The molecule has 0 aliphatic carbocycles. The van der Waals surface area contributed by atoms with Gasteiger partial charge in [0.05, 0.1) is 46.2 Å². The van der Waals surface area contributed by atoms with Crippen LogP contribution in [0.3, 0.4) is 0 Å². The molecule has 0 spiro atoms. The lowest BCUT2D eigenvalue weighted by Crippen LogP contribution is -2.22. The molecule has 0 aliphatic rings. The van der Waals surface area contributed by atoms with Crippen molar-refractivity contribution in [3.8, 4) is 0 Å². The van der Waals surface area contributed by atoms with E-state index in [2.05, 4.69) is 0 Å². The van der Waals surface area contributed by atoms with Gasteiger partial charge in [-0.1, -0.05) is 0 Å². The largest absolute Gasteiger partial charge is 0.379 e. The van der Waals surface area contributed by atoms with Crippen LogP contribution in [0.15, 0.2) is 0 Å². The van der Waals surface area contributed by atoms with E-state index in [9.17, 15) is 5.11 Å². The van der Waals surface area contributed by atoms with Crippen LogP contribution in [0, 0.1) is 0 Å². The molecular formula is C12H26O6. The van der Waals surface area contributed by atoms with Crippen LogP contribution in [0.1, 0.15) is 13.8 Å². The van der Waals surface area contributed by atoms with Crippen LogP contribution in [0.25, 0.3) is 0 Å². The third kappa shape index (κ3) is 13.8. The zero-order valence-electron chi connectivity index (χ0n) is 11.4. The Balaban J connectivity index is 3.09. The standard InChI is InChI=1S/C12H26O6/c1-3-14-5-7-16-9-10-18-12(13)11-17-8-6-15-4-2/h12-13H,3-11H2,1-2H3. The van der Waals surface area contributed by atoms with Crippen molar-refractivity contribution in [3.05, 3.63) is 0 Å². The summed E-state index contributed by atoms with van der Waals surface area (Å²) < 4.78 is 25.6. The monoisotopic (exact) mass is 266 g/mol.